The van der Waals surface area contributed by atoms with Crippen molar-refractivity contribution in [2.45, 2.75) is 6.18 Å². The van der Waals surface area contributed by atoms with Gasteiger partial charge in [-0.2, -0.15) is 13.2 Å². The Balaban J connectivity index is 2.68. The maximum absolute atomic E-state index is 12.5. The Bertz CT molecular complexity index is 631. The molecule has 7 heteroatoms. The standard InChI is InChI=1S/C12H10F3NO3/c1-18-7-5-9-8(10(6-7)19-2)3-4-16(9)11(17)12(13,14)15/h3-6H,1-2H3. The summed E-state index contributed by atoms with van der Waals surface area (Å²) < 4.78 is 48.0. The van der Waals surface area contributed by atoms with E-state index in [9.17, 15) is 18.0 Å². The van der Waals surface area contributed by atoms with Crippen LogP contribution in [-0.4, -0.2) is 30.9 Å². The Labute approximate surface area is 106 Å². The summed E-state index contributed by atoms with van der Waals surface area (Å²) >= 11 is 0. The maximum Gasteiger partial charge on any atom is 0.472 e. The minimum absolute atomic E-state index is 0.0820. The molecule has 0 fully saturated rings. The van der Waals surface area contributed by atoms with Gasteiger partial charge >= 0.3 is 12.1 Å². The van der Waals surface area contributed by atoms with E-state index >= 15 is 0 Å². The van der Waals surface area contributed by atoms with Crippen LogP contribution in [0.4, 0.5) is 13.2 Å². The lowest BCUT2D eigenvalue weighted by Gasteiger charge is -2.10. The number of nitrogens with zero attached hydrogens (tertiary/aromatic N) is 1. The lowest BCUT2D eigenvalue weighted by atomic mass is 10.2. The molecular weight excluding hydrogens is 263 g/mol. The molecule has 0 saturated carbocycles. The van der Waals surface area contributed by atoms with Crippen molar-refractivity contribution in [3.05, 3.63) is 24.4 Å². The van der Waals surface area contributed by atoms with Gasteiger partial charge in [0.2, 0.25) is 0 Å². The van der Waals surface area contributed by atoms with Gasteiger partial charge in [-0.25, -0.2) is 0 Å². The molecule has 0 N–H and O–H groups in total. The molecule has 19 heavy (non-hydrogen) atoms. The van der Waals surface area contributed by atoms with Gasteiger partial charge in [-0.05, 0) is 6.07 Å². The number of hydrogen-bond donors (Lipinski definition) is 0. The third-order valence-corrected chi connectivity index (χ3v) is 2.66. The number of halogens is 3. The first-order valence-corrected chi connectivity index (χ1v) is 5.23. The second-order valence-corrected chi connectivity index (χ2v) is 3.75. The molecular formula is C12H10F3NO3. The molecule has 1 heterocycles. The highest BCUT2D eigenvalue weighted by atomic mass is 19.4. The average Bonchev–Trinajstić information content (AvgIpc) is 2.78. The number of methoxy groups -OCH3 is 2. The molecule has 102 valence electrons. The Kier molecular flexibility index (Phi) is 3.13. The van der Waals surface area contributed by atoms with Crippen molar-refractivity contribution in [2.75, 3.05) is 14.2 Å². The first-order valence-electron chi connectivity index (χ1n) is 5.23. The van der Waals surface area contributed by atoms with Crippen LogP contribution < -0.4 is 9.47 Å². The third kappa shape index (κ3) is 2.23. The summed E-state index contributed by atoms with van der Waals surface area (Å²) in [6.45, 7) is 0. The highest BCUT2D eigenvalue weighted by Crippen LogP contribution is 2.33. The summed E-state index contributed by atoms with van der Waals surface area (Å²) in [6.07, 6.45) is -3.88. The molecule has 0 aliphatic heterocycles. The van der Waals surface area contributed by atoms with Crippen molar-refractivity contribution in [3.8, 4) is 11.5 Å². The van der Waals surface area contributed by atoms with Gasteiger partial charge < -0.3 is 9.47 Å². The van der Waals surface area contributed by atoms with Crippen molar-refractivity contribution in [1.82, 2.24) is 4.57 Å². The number of benzene rings is 1. The van der Waals surface area contributed by atoms with Gasteiger partial charge in [-0.1, -0.05) is 0 Å². The van der Waals surface area contributed by atoms with E-state index in [2.05, 4.69) is 0 Å². The molecule has 0 unspecified atom stereocenters. The number of ether oxygens (including phenoxy) is 2. The average molecular weight is 273 g/mol. The van der Waals surface area contributed by atoms with E-state index in [1.807, 2.05) is 0 Å². The van der Waals surface area contributed by atoms with Crippen LogP contribution in [0.1, 0.15) is 4.79 Å². The van der Waals surface area contributed by atoms with Crippen molar-refractivity contribution in [2.24, 2.45) is 0 Å². The smallest absolute Gasteiger partial charge is 0.472 e. The Morgan fingerprint density at radius 2 is 1.89 bits per heavy atom. The van der Waals surface area contributed by atoms with Crippen molar-refractivity contribution < 1.29 is 27.4 Å². The molecule has 0 amide bonds. The summed E-state index contributed by atoms with van der Waals surface area (Å²) in [6, 6.07) is 4.27. The van der Waals surface area contributed by atoms with Gasteiger partial charge in [-0.15, -0.1) is 0 Å². The highest BCUT2D eigenvalue weighted by Gasteiger charge is 2.40. The number of alkyl halides is 3. The van der Waals surface area contributed by atoms with Crippen molar-refractivity contribution >= 4 is 16.8 Å². The van der Waals surface area contributed by atoms with Gasteiger partial charge in [0.1, 0.15) is 11.5 Å². The zero-order chi connectivity index (χ0) is 14.2. The first-order chi connectivity index (χ1) is 8.88. The monoisotopic (exact) mass is 273 g/mol. The summed E-state index contributed by atoms with van der Waals surface area (Å²) in [4.78, 5) is 11.3. The molecule has 1 aromatic heterocycles. The largest absolute Gasteiger partial charge is 0.497 e. The van der Waals surface area contributed by atoms with Crippen molar-refractivity contribution in [1.29, 1.82) is 0 Å². The minimum atomic E-state index is -4.94. The van der Waals surface area contributed by atoms with E-state index in [0.29, 0.717) is 21.5 Å². The molecule has 2 aromatic rings. The molecule has 0 saturated heterocycles. The summed E-state index contributed by atoms with van der Waals surface area (Å²) in [5.74, 6) is -1.32. The van der Waals surface area contributed by atoms with Crippen LogP contribution in [0.5, 0.6) is 11.5 Å². The maximum atomic E-state index is 12.5. The zero-order valence-electron chi connectivity index (χ0n) is 10.1. The van der Waals surface area contributed by atoms with Crippen LogP contribution in [0.2, 0.25) is 0 Å². The van der Waals surface area contributed by atoms with E-state index in [-0.39, 0.29) is 5.52 Å². The van der Waals surface area contributed by atoms with E-state index < -0.39 is 12.1 Å². The molecule has 0 aliphatic carbocycles. The molecule has 2 rings (SSSR count). The van der Waals surface area contributed by atoms with Crippen molar-refractivity contribution in [3.63, 3.8) is 0 Å². The SMILES string of the molecule is COc1cc(OC)c2ccn(C(=O)C(F)(F)F)c2c1. The van der Waals surface area contributed by atoms with Gasteiger partial charge in [-0.3, -0.25) is 9.36 Å². The van der Waals surface area contributed by atoms with Crippen LogP contribution in [0, 0.1) is 0 Å². The number of fused-ring (bicyclic) bond motifs is 1. The summed E-state index contributed by atoms with van der Waals surface area (Å²) in [5.41, 5.74) is 0.0820. The lowest BCUT2D eigenvalue weighted by molar-refractivity contribution is -0.0942. The van der Waals surface area contributed by atoms with Gasteiger partial charge in [0.05, 0.1) is 19.7 Å². The third-order valence-electron chi connectivity index (χ3n) is 2.66. The van der Waals surface area contributed by atoms with E-state index in [4.69, 9.17) is 9.47 Å². The topological polar surface area (TPSA) is 40.5 Å². The van der Waals surface area contributed by atoms with E-state index in [0.717, 1.165) is 6.20 Å². The fourth-order valence-corrected chi connectivity index (χ4v) is 1.78. The quantitative estimate of drug-likeness (QED) is 0.844. The predicted molar refractivity (Wildman–Crippen MR) is 61.7 cm³/mol. The second kappa shape index (κ2) is 4.49. The van der Waals surface area contributed by atoms with Crippen LogP contribution in [0.25, 0.3) is 10.9 Å². The van der Waals surface area contributed by atoms with Crippen LogP contribution >= 0.6 is 0 Å². The Morgan fingerprint density at radius 3 is 2.42 bits per heavy atom. The zero-order valence-corrected chi connectivity index (χ0v) is 10.1. The highest BCUT2D eigenvalue weighted by molar-refractivity contribution is 5.98. The molecule has 1 aromatic carbocycles. The normalized spacial score (nSPS) is 11.6. The van der Waals surface area contributed by atoms with Gasteiger partial charge in [0.25, 0.3) is 0 Å². The first kappa shape index (κ1) is 13.3. The van der Waals surface area contributed by atoms with E-state index in [1.54, 1.807) is 0 Å². The van der Waals surface area contributed by atoms with E-state index in [1.165, 1.54) is 32.4 Å². The lowest BCUT2D eigenvalue weighted by Crippen LogP contribution is -2.28. The summed E-state index contributed by atoms with van der Waals surface area (Å²) in [7, 11) is 2.76. The molecule has 4 nitrogen and oxygen atoms in total. The number of rotatable bonds is 2. The fourth-order valence-electron chi connectivity index (χ4n) is 1.78. The Morgan fingerprint density at radius 1 is 1.21 bits per heavy atom. The molecule has 0 spiro atoms. The number of carbonyl (C=O) groups is 1. The fraction of sp³-hybridized carbons (Fsp3) is 0.250. The predicted octanol–water partition coefficient (Wildman–Crippen LogP) is 2.86. The van der Waals surface area contributed by atoms with Crippen LogP contribution in [0.3, 0.4) is 0 Å². The molecule has 0 bridgehead atoms. The van der Waals surface area contributed by atoms with Gasteiger partial charge in [0.15, 0.2) is 0 Å². The number of aromatic nitrogens is 1. The summed E-state index contributed by atoms with van der Waals surface area (Å²) in [5, 5.41) is 0.404. The minimum Gasteiger partial charge on any atom is -0.497 e. The number of carbonyl (C=O) groups excluding carboxylic acids is 1. The molecule has 0 radical (unpaired) electrons. The van der Waals surface area contributed by atoms with Crippen LogP contribution in [0.15, 0.2) is 24.4 Å². The molecule has 0 atom stereocenters. The molecule has 0 aliphatic rings. The second-order valence-electron chi connectivity index (χ2n) is 3.75. The van der Waals surface area contributed by atoms with Crippen LogP contribution in [-0.2, 0) is 0 Å². The number of hydrogen-bond acceptors (Lipinski definition) is 3. The van der Waals surface area contributed by atoms with Gasteiger partial charge in [0, 0.05) is 23.7 Å². The Hall–Kier alpha value is -2.18.